The highest BCUT2D eigenvalue weighted by Gasteiger charge is 2.11. The maximum Gasteiger partial charge on any atom is 0.125 e. The van der Waals surface area contributed by atoms with Gasteiger partial charge in [-0.1, -0.05) is 18.5 Å². The second-order valence-electron chi connectivity index (χ2n) is 3.56. The molecule has 17 heavy (non-hydrogen) atoms. The van der Waals surface area contributed by atoms with Crippen molar-refractivity contribution in [1.82, 2.24) is 4.98 Å². The van der Waals surface area contributed by atoms with E-state index in [0.29, 0.717) is 21.3 Å². The lowest BCUT2D eigenvalue weighted by molar-refractivity contribution is 0.276. The van der Waals surface area contributed by atoms with E-state index in [4.69, 9.17) is 16.7 Å². The Kier molecular flexibility index (Phi) is 3.76. The summed E-state index contributed by atoms with van der Waals surface area (Å²) in [5.74, 6) is -0.383. The van der Waals surface area contributed by atoms with E-state index in [1.54, 1.807) is 6.07 Å². The van der Waals surface area contributed by atoms with Gasteiger partial charge in [0.25, 0.3) is 0 Å². The minimum absolute atomic E-state index is 0.0945. The highest BCUT2D eigenvalue weighted by molar-refractivity contribution is 7.15. The van der Waals surface area contributed by atoms with E-state index in [1.165, 1.54) is 23.5 Å². The van der Waals surface area contributed by atoms with Crippen molar-refractivity contribution in [1.29, 1.82) is 0 Å². The summed E-state index contributed by atoms with van der Waals surface area (Å²) < 4.78 is 13.2. The molecule has 0 radical (unpaired) electrons. The Morgan fingerprint density at radius 3 is 2.71 bits per heavy atom. The summed E-state index contributed by atoms with van der Waals surface area (Å²) in [5.41, 5.74) is 1.31. The van der Waals surface area contributed by atoms with E-state index < -0.39 is 0 Å². The van der Waals surface area contributed by atoms with Crippen molar-refractivity contribution in [3.05, 3.63) is 39.6 Å². The summed E-state index contributed by atoms with van der Waals surface area (Å²) in [5, 5.41) is 10.2. The van der Waals surface area contributed by atoms with Crippen LogP contribution in [-0.2, 0) is 13.0 Å². The summed E-state index contributed by atoms with van der Waals surface area (Å²) in [6.07, 6.45) is 0.802. The van der Waals surface area contributed by atoms with Gasteiger partial charge >= 0.3 is 0 Å². The first kappa shape index (κ1) is 12.5. The Hall–Kier alpha value is -0.970. The number of thiazole rings is 1. The Balaban J connectivity index is 2.48. The van der Waals surface area contributed by atoms with E-state index in [1.807, 2.05) is 6.92 Å². The van der Waals surface area contributed by atoms with Gasteiger partial charge in [0.05, 0.1) is 12.3 Å². The molecule has 2 rings (SSSR count). The molecule has 0 bridgehead atoms. The van der Waals surface area contributed by atoms with Crippen LogP contribution in [0.25, 0.3) is 10.6 Å². The fourth-order valence-corrected chi connectivity index (χ4v) is 2.80. The first-order valence-electron chi connectivity index (χ1n) is 5.20. The zero-order valence-corrected chi connectivity index (χ0v) is 10.8. The predicted molar refractivity (Wildman–Crippen MR) is 67.8 cm³/mol. The van der Waals surface area contributed by atoms with Crippen molar-refractivity contribution in [2.45, 2.75) is 20.0 Å². The average Bonchev–Trinajstić information content (AvgIpc) is 2.70. The molecular formula is C12H11ClFNOS. The molecule has 1 aromatic heterocycles. The SMILES string of the molecule is CCc1sc(-c2cc(F)cc(Cl)c2)nc1CO. The summed E-state index contributed by atoms with van der Waals surface area (Å²) in [4.78, 5) is 5.31. The van der Waals surface area contributed by atoms with Crippen LogP contribution in [-0.4, -0.2) is 10.1 Å². The summed E-state index contributed by atoms with van der Waals surface area (Å²) in [7, 11) is 0. The van der Waals surface area contributed by atoms with Gasteiger partial charge in [0.1, 0.15) is 10.8 Å². The quantitative estimate of drug-likeness (QED) is 0.924. The summed E-state index contributed by atoms with van der Waals surface area (Å²) in [6, 6.07) is 4.32. The van der Waals surface area contributed by atoms with Crippen LogP contribution in [0, 0.1) is 5.82 Å². The zero-order valence-electron chi connectivity index (χ0n) is 9.20. The van der Waals surface area contributed by atoms with Crippen LogP contribution in [0.1, 0.15) is 17.5 Å². The van der Waals surface area contributed by atoms with Crippen molar-refractivity contribution in [2.75, 3.05) is 0 Å². The van der Waals surface area contributed by atoms with Crippen LogP contribution in [0.5, 0.6) is 0 Å². The van der Waals surface area contributed by atoms with Crippen LogP contribution in [0.4, 0.5) is 4.39 Å². The molecule has 2 nitrogen and oxygen atoms in total. The van der Waals surface area contributed by atoms with Gasteiger partial charge in [0, 0.05) is 15.5 Å². The van der Waals surface area contributed by atoms with E-state index >= 15 is 0 Å². The molecule has 0 spiro atoms. The minimum atomic E-state index is -0.383. The van der Waals surface area contributed by atoms with Gasteiger partial charge < -0.3 is 5.11 Å². The van der Waals surface area contributed by atoms with Gasteiger partial charge in [-0.25, -0.2) is 9.37 Å². The average molecular weight is 272 g/mol. The normalized spacial score (nSPS) is 10.8. The Labute approximate surface area is 108 Å². The predicted octanol–water partition coefficient (Wildman–Crippen LogP) is 3.66. The minimum Gasteiger partial charge on any atom is -0.390 e. The molecule has 0 unspecified atom stereocenters. The van der Waals surface area contributed by atoms with Crippen molar-refractivity contribution in [2.24, 2.45) is 0 Å². The Morgan fingerprint density at radius 1 is 1.41 bits per heavy atom. The first-order chi connectivity index (χ1) is 8.13. The molecule has 1 aromatic carbocycles. The van der Waals surface area contributed by atoms with Gasteiger partial charge in [-0.05, 0) is 24.6 Å². The molecule has 2 aromatic rings. The fraction of sp³-hybridized carbons (Fsp3) is 0.250. The number of nitrogens with zero attached hydrogens (tertiary/aromatic N) is 1. The largest absolute Gasteiger partial charge is 0.390 e. The van der Waals surface area contributed by atoms with E-state index in [2.05, 4.69) is 4.98 Å². The third-order valence-electron chi connectivity index (χ3n) is 2.36. The first-order valence-corrected chi connectivity index (χ1v) is 6.39. The standard InChI is InChI=1S/C12H11ClFNOS/c1-2-11-10(6-16)15-12(17-11)7-3-8(13)5-9(14)4-7/h3-5,16H,2,6H2,1H3. The molecule has 0 atom stereocenters. The monoisotopic (exact) mass is 271 g/mol. The van der Waals surface area contributed by atoms with Crippen molar-refractivity contribution in [3.63, 3.8) is 0 Å². The summed E-state index contributed by atoms with van der Waals surface area (Å²) >= 11 is 7.26. The number of aryl methyl sites for hydroxylation is 1. The number of benzene rings is 1. The van der Waals surface area contributed by atoms with Gasteiger partial charge in [0.15, 0.2) is 0 Å². The molecule has 0 saturated carbocycles. The number of halogens is 2. The number of aliphatic hydroxyl groups is 1. The molecule has 5 heteroatoms. The number of hydrogen-bond donors (Lipinski definition) is 1. The summed E-state index contributed by atoms with van der Waals surface area (Å²) in [6.45, 7) is 1.90. The Bertz CT molecular complexity index is 500. The Morgan fingerprint density at radius 2 is 2.18 bits per heavy atom. The molecular weight excluding hydrogens is 261 g/mol. The molecule has 0 saturated heterocycles. The smallest absolute Gasteiger partial charge is 0.125 e. The highest BCUT2D eigenvalue weighted by atomic mass is 35.5. The van der Waals surface area contributed by atoms with Crippen LogP contribution in [0.15, 0.2) is 18.2 Å². The maximum atomic E-state index is 13.2. The highest BCUT2D eigenvalue weighted by Crippen LogP contribution is 2.30. The van der Waals surface area contributed by atoms with Gasteiger partial charge in [-0.3, -0.25) is 0 Å². The number of aliphatic hydroxyl groups excluding tert-OH is 1. The zero-order chi connectivity index (χ0) is 12.4. The molecule has 1 N–H and O–H groups in total. The second-order valence-corrected chi connectivity index (χ2v) is 5.08. The number of hydrogen-bond acceptors (Lipinski definition) is 3. The van der Waals surface area contributed by atoms with Crippen molar-refractivity contribution >= 4 is 22.9 Å². The topological polar surface area (TPSA) is 33.1 Å². The second kappa shape index (κ2) is 5.12. The number of aromatic nitrogens is 1. The van der Waals surface area contributed by atoms with Gasteiger partial charge in [-0.15, -0.1) is 11.3 Å². The molecule has 0 aliphatic carbocycles. The molecule has 0 amide bonds. The molecule has 0 aliphatic heterocycles. The fourth-order valence-electron chi connectivity index (χ4n) is 1.58. The number of rotatable bonds is 3. The van der Waals surface area contributed by atoms with Crippen molar-refractivity contribution in [3.8, 4) is 10.6 Å². The van der Waals surface area contributed by atoms with Crippen LogP contribution in [0.3, 0.4) is 0 Å². The van der Waals surface area contributed by atoms with E-state index in [-0.39, 0.29) is 12.4 Å². The third kappa shape index (κ3) is 2.65. The van der Waals surface area contributed by atoms with Gasteiger partial charge in [-0.2, -0.15) is 0 Å². The van der Waals surface area contributed by atoms with Crippen LogP contribution >= 0.6 is 22.9 Å². The van der Waals surface area contributed by atoms with Crippen LogP contribution < -0.4 is 0 Å². The van der Waals surface area contributed by atoms with E-state index in [0.717, 1.165) is 11.3 Å². The van der Waals surface area contributed by atoms with Gasteiger partial charge in [0.2, 0.25) is 0 Å². The third-order valence-corrected chi connectivity index (χ3v) is 3.87. The molecule has 90 valence electrons. The van der Waals surface area contributed by atoms with E-state index in [9.17, 15) is 4.39 Å². The lowest BCUT2D eigenvalue weighted by Crippen LogP contribution is -1.88. The van der Waals surface area contributed by atoms with Crippen LogP contribution in [0.2, 0.25) is 5.02 Å². The molecule has 1 heterocycles. The van der Waals surface area contributed by atoms with Crippen molar-refractivity contribution < 1.29 is 9.50 Å². The lowest BCUT2D eigenvalue weighted by atomic mass is 10.2. The molecule has 0 aliphatic rings. The molecule has 0 fully saturated rings. The maximum absolute atomic E-state index is 13.2. The lowest BCUT2D eigenvalue weighted by Gasteiger charge is -1.97.